The Hall–Kier alpha value is -1.48. The van der Waals surface area contributed by atoms with Crippen molar-refractivity contribution in [1.29, 1.82) is 0 Å². The van der Waals surface area contributed by atoms with Crippen molar-refractivity contribution >= 4 is 5.69 Å². The van der Waals surface area contributed by atoms with Gasteiger partial charge in [-0.3, -0.25) is 4.90 Å². The molecule has 1 aliphatic rings. The van der Waals surface area contributed by atoms with Gasteiger partial charge in [-0.25, -0.2) is 0 Å². The lowest BCUT2D eigenvalue weighted by atomic mass is 10.0. The second kappa shape index (κ2) is 7.51. The first-order valence-electron chi connectivity index (χ1n) is 7.85. The van der Waals surface area contributed by atoms with Crippen LogP contribution >= 0.6 is 0 Å². The van der Waals surface area contributed by atoms with Crippen molar-refractivity contribution in [2.45, 2.75) is 39.7 Å². The molecule has 0 bridgehead atoms. The zero-order chi connectivity index (χ0) is 15.2. The van der Waals surface area contributed by atoms with Gasteiger partial charge >= 0.3 is 0 Å². The van der Waals surface area contributed by atoms with Crippen molar-refractivity contribution in [2.75, 3.05) is 32.1 Å². The summed E-state index contributed by atoms with van der Waals surface area (Å²) in [5.41, 5.74) is 3.75. The van der Waals surface area contributed by atoms with Crippen molar-refractivity contribution < 1.29 is 4.74 Å². The van der Waals surface area contributed by atoms with Gasteiger partial charge in [-0.1, -0.05) is 17.7 Å². The van der Waals surface area contributed by atoms with Crippen LogP contribution in [0.5, 0.6) is 5.75 Å². The summed E-state index contributed by atoms with van der Waals surface area (Å²) in [7, 11) is 1.74. The number of ether oxygens (including phenoxy) is 1. The molecule has 3 heteroatoms. The Morgan fingerprint density at radius 3 is 2.67 bits per heavy atom. The third-order valence-electron chi connectivity index (χ3n) is 4.06. The van der Waals surface area contributed by atoms with Gasteiger partial charge in [-0.15, -0.1) is 0 Å². The topological polar surface area (TPSA) is 24.5 Å². The number of nitrogens with zero attached hydrogens (tertiary/aromatic N) is 1. The van der Waals surface area contributed by atoms with Gasteiger partial charge in [0.05, 0.1) is 12.8 Å². The monoisotopic (exact) mass is 288 g/mol. The molecule has 0 spiro atoms. The molecule has 1 aromatic carbocycles. The Labute approximate surface area is 129 Å². The number of piperidine rings is 1. The van der Waals surface area contributed by atoms with Gasteiger partial charge in [0.15, 0.2) is 0 Å². The normalized spacial score (nSPS) is 16.6. The fraction of sp³-hybridized carbons (Fsp3) is 0.556. The highest BCUT2D eigenvalue weighted by atomic mass is 16.5. The molecule has 116 valence electrons. The number of hydrogen-bond acceptors (Lipinski definition) is 3. The molecule has 0 aliphatic carbocycles. The smallest absolute Gasteiger partial charge is 0.142 e. The summed E-state index contributed by atoms with van der Waals surface area (Å²) in [6.45, 7) is 9.83. The van der Waals surface area contributed by atoms with Crippen LogP contribution in [0.15, 0.2) is 29.8 Å². The largest absolute Gasteiger partial charge is 0.495 e. The summed E-state index contributed by atoms with van der Waals surface area (Å²) in [5.74, 6) is 0.946. The number of anilines is 1. The molecular weight excluding hydrogens is 260 g/mol. The lowest BCUT2D eigenvalue weighted by Crippen LogP contribution is -2.39. The minimum atomic E-state index is 0.546. The quantitative estimate of drug-likeness (QED) is 0.833. The maximum Gasteiger partial charge on any atom is 0.142 e. The Kier molecular flexibility index (Phi) is 5.68. The summed E-state index contributed by atoms with van der Waals surface area (Å²) in [4.78, 5) is 2.53. The van der Waals surface area contributed by atoms with Crippen LogP contribution in [0.1, 0.15) is 32.3 Å². The van der Waals surface area contributed by atoms with Crippen LogP contribution < -0.4 is 10.1 Å². The molecule has 2 rings (SSSR count). The van der Waals surface area contributed by atoms with Crippen molar-refractivity contribution in [2.24, 2.45) is 0 Å². The van der Waals surface area contributed by atoms with E-state index in [1.54, 1.807) is 7.11 Å². The first-order chi connectivity index (χ1) is 10.1. The molecule has 0 saturated carbocycles. The van der Waals surface area contributed by atoms with Crippen LogP contribution in [-0.4, -0.2) is 37.7 Å². The van der Waals surface area contributed by atoms with Gasteiger partial charge in [0, 0.05) is 25.7 Å². The van der Waals surface area contributed by atoms with Crippen LogP contribution in [0.25, 0.3) is 0 Å². The van der Waals surface area contributed by atoms with Crippen molar-refractivity contribution in [3.8, 4) is 5.75 Å². The van der Waals surface area contributed by atoms with E-state index in [0.29, 0.717) is 6.04 Å². The van der Waals surface area contributed by atoms with Crippen LogP contribution in [0.4, 0.5) is 5.69 Å². The molecule has 1 N–H and O–H groups in total. The minimum absolute atomic E-state index is 0.546. The number of rotatable bonds is 5. The Balaban J connectivity index is 1.87. The van der Waals surface area contributed by atoms with E-state index in [1.165, 1.54) is 24.0 Å². The first kappa shape index (κ1) is 15.9. The average Bonchev–Trinajstić information content (AvgIpc) is 2.48. The lowest BCUT2D eigenvalue weighted by molar-refractivity contribution is 0.239. The van der Waals surface area contributed by atoms with E-state index in [2.05, 4.69) is 55.3 Å². The molecule has 21 heavy (non-hydrogen) atoms. The van der Waals surface area contributed by atoms with E-state index in [4.69, 9.17) is 4.74 Å². The maximum atomic E-state index is 5.47. The first-order valence-corrected chi connectivity index (χ1v) is 7.85. The predicted molar refractivity (Wildman–Crippen MR) is 90.2 cm³/mol. The minimum Gasteiger partial charge on any atom is -0.495 e. The predicted octanol–water partition coefficient (Wildman–Crippen LogP) is 3.85. The number of aryl methyl sites for hydroxylation is 1. The SMILES string of the molecule is COc1cc(C)ccc1NC1CCN(CC=C(C)C)CC1. The van der Waals surface area contributed by atoms with Gasteiger partial charge in [0.25, 0.3) is 0 Å². The highest BCUT2D eigenvalue weighted by Gasteiger charge is 2.19. The van der Waals surface area contributed by atoms with Gasteiger partial charge in [-0.05, 0) is 51.3 Å². The number of allylic oxidation sites excluding steroid dienone is 1. The molecule has 1 heterocycles. The molecule has 0 radical (unpaired) electrons. The van der Waals surface area contributed by atoms with Gasteiger partial charge in [-0.2, -0.15) is 0 Å². The second-order valence-electron chi connectivity index (χ2n) is 6.20. The van der Waals surface area contributed by atoms with Gasteiger partial charge in [0.2, 0.25) is 0 Å². The van der Waals surface area contributed by atoms with E-state index in [9.17, 15) is 0 Å². The van der Waals surface area contributed by atoms with E-state index in [-0.39, 0.29) is 0 Å². The highest BCUT2D eigenvalue weighted by Crippen LogP contribution is 2.27. The highest BCUT2D eigenvalue weighted by molar-refractivity contribution is 5.58. The molecule has 0 atom stereocenters. The zero-order valence-electron chi connectivity index (χ0n) is 13.8. The van der Waals surface area contributed by atoms with Crippen LogP contribution in [0.3, 0.4) is 0 Å². The Morgan fingerprint density at radius 1 is 1.33 bits per heavy atom. The molecule has 0 unspecified atom stereocenters. The van der Waals surface area contributed by atoms with Crippen LogP contribution in [-0.2, 0) is 0 Å². The Bertz CT molecular complexity index is 484. The third kappa shape index (κ3) is 4.78. The number of methoxy groups -OCH3 is 1. The number of hydrogen-bond donors (Lipinski definition) is 1. The third-order valence-corrected chi connectivity index (χ3v) is 4.06. The zero-order valence-corrected chi connectivity index (χ0v) is 13.8. The standard InChI is InChI=1S/C18H28N2O/c1-14(2)7-10-20-11-8-16(9-12-20)19-17-6-5-15(3)13-18(17)21-4/h5-7,13,16,19H,8-12H2,1-4H3. The molecule has 3 nitrogen and oxygen atoms in total. The lowest BCUT2D eigenvalue weighted by Gasteiger charge is -2.32. The molecule has 1 aromatic rings. The fourth-order valence-corrected chi connectivity index (χ4v) is 2.71. The summed E-state index contributed by atoms with van der Waals surface area (Å²) in [6.07, 6.45) is 4.69. The van der Waals surface area contributed by atoms with E-state index < -0.39 is 0 Å². The number of nitrogens with one attached hydrogen (secondary N) is 1. The van der Waals surface area contributed by atoms with E-state index in [0.717, 1.165) is 31.1 Å². The van der Waals surface area contributed by atoms with Crippen LogP contribution in [0, 0.1) is 6.92 Å². The average molecular weight is 288 g/mol. The van der Waals surface area contributed by atoms with E-state index in [1.807, 2.05) is 0 Å². The summed E-state index contributed by atoms with van der Waals surface area (Å²) < 4.78 is 5.47. The van der Waals surface area contributed by atoms with E-state index >= 15 is 0 Å². The molecular formula is C18H28N2O. The molecule has 0 amide bonds. The Morgan fingerprint density at radius 2 is 2.05 bits per heavy atom. The molecule has 0 aromatic heterocycles. The van der Waals surface area contributed by atoms with Crippen molar-refractivity contribution in [3.63, 3.8) is 0 Å². The van der Waals surface area contributed by atoms with Crippen molar-refractivity contribution in [3.05, 3.63) is 35.4 Å². The van der Waals surface area contributed by atoms with Crippen LogP contribution in [0.2, 0.25) is 0 Å². The van der Waals surface area contributed by atoms with Gasteiger partial charge in [0.1, 0.15) is 5.75 Å². The molecule has 1 saturated heterocycles. The molecule has 1 fully saturated rings. The van der Waals surface area contributed by atoms with Gasteiger partial charge < -0.3 is 10.1 Å². The maximum absolute atomic E-state index is 5.47. The number of benzene rings is 1. The summed E-state index contributed by atoms with van der Waals surface area (Å²) in [6, 6.07) is 6.90. The summed E-state index contributed by atoms with van der Waals surface area (Å²) >= 11 is 0. The van der Waals surface area contributed by atoms with Crippen molar-refractivity contribution in [1.82, 2.24) is 4.90 Å². The number of likely N-dealkylation sites (tertiary alicyclic amines) is 1. The summed E-state index contributed by atoms with van der Waals surface area (Å²) in [5, 5.41) is 3.65. The fourth-order valence-electron chi connectivity index (χ4n) is 2.71. The molecule has 1 aliphatic heterocycles. The second-order valence-corrected chi connectivity index (χ2v) is 6.20.